The maximum atomic E-state index is 14.4. The molecule has 1 amide bonds. The second-order valence-electron chi connectivity index (χ2n) is 6.80. The van der Waals surface area contributed by atoms with E-state index in [1.165, 1.54) is 25.3 Å². The molecule has 0 unspecified atom stereocenters. The van der Waals surface area contributed by atoms with E-state index in [0.717, 1.165) is 30.4 Å². The Bertz CT molecular complexity index is 1070. The van der Waals surface area contributed by atoms with Crippen LogP contribution in [0.2, 0.25) is 0 Å². The third kappa shape index (κ3) is 3.39. The fourth-order valence-corrected chi connectivity index (χ4v) is 3.70. The fourth-order valence-electron chi connectivity index (χ4n) is 3.70. The zero-order valence-corrected chi connectivity index (χ0v) is 15.9. The van der Waals surface area contributed by atoms with Crippen LogP contribution in [0.5, 0.6) is 5.75 Å². The molecule has 0 saturated heterocycles. The number of anilines is 1. The summed E-state index contributed by atoms with van der Waals surface area (Å²) in [6, 6.07) is 12.6. The highest BCUT2D eigenvalue weighted by atomic mass is 19.1. The molecule has 0 N–H and O–H groups in total. The number of para-hydroxylation sites is 2. The molecule has 1 aliphatic carbocycles. The zero-order chi connectivity index (χ0) is 20.4. The van der Waals surface area contributed by atoms with E-state index in [0.29, 0.717) is 10.4 Å². The Morgan fingerprint density at radius 2 is 1.83 bits per heavy atom. The second-order valence-corrected chi connectivity index (χ2v) is 6.80. The molecule has 9 heteroatoms. The van der Waals surface area contributed by atoms with Crippen molar-refractivity contribution in [3.63, 3.8) is 0 Å². The lowest BCUT2D eigenvalue weighted by molar-refractivity contribution is 0.241. The minimum absolute atomic E-state index is 0.0371. The Morgan fingerprint density at radius 1 is 1.10 bits per heavy atom. The van der Waals surface area contributed by atoms with Gasteiger partial charge >= 0.3 is 11.7 Å². The van der Waals surface area contributed by atoms with Gasteiger partial charge in [0.1, 0.15) is 11.4 Å². The molecule has 1 aliphatic rings. The summed E-state index contributed by atoms with van der Waals surface area (Å²) in [5.41, 5.74) is -0.377. The summed E-state index contributed by atoms with van der Waals surface area (Å²) in [5, 5.41) is 7.46. The molecule has 0 radical (unpaired) electrons. The number of benzene rings is 2. The van der Waals surface area contributed by atoms with Crippen LogP contribution in [-0.2, 0) is 0 Å². The van der Waals surface area contributed by atoms with Crippen molar-refractivity contribution in [3.8, 4) is 11.4 Å². The molecule has 1 aromatic heterocycles. The quantitative estimate of drug-likeness (QED) is 0.632. The van der Waals surface area contributed by atoms with Crippen LogP contribution in [0.1, 0.15) is 25.7 Å². The number of rotatable bonds is 4. The first-order valence-corrected chi connectivity index (χ1v) is 9.38. The molecular formula is C20H20FN5O3. The number of methoxy groups -OCH3 is 1. The van der Waals surface area contributed by atoms with Crippen molar-refractivity contribution in [2.45, 2.75) is 31.7 Å². The van der Waals surface area contributed by atoms with Crippen LogP contribution in [-0.4, -0.2) is 39.0 Å². The first-order chi connectivity index (χ1) is 14.1. The highest BCUT2D eigenvalue weighted by Crippen LogP contribution is 2.29. The van der Waals surface area contributed by atoms with Gasteiger partial charge in [0.05, 0.1) is 7.11 Å². The summed E-state index contributed by atoms with van der Waals surface area (Å²) in [5.74, 6) is -0.594. The fraction of sp³-hybridized carbons (Fsp3) is 0.300. The van der Waals surface area contributed by atoms with Crippen molar-refractivity contribution in [1.82, 2.24) is 19.8 Å². The van der Waals surface area contributed by atoms with Gasteiger partial charge in [-0.15, -0.1) is 4.68 Å². The number of ether oxygens (including phenoxy) is 1. The summed E-state index contributed by atoms with van der Waals surface area (Å²) in [4.78, 5) is 27.8. The van der Waals surface area contributed by atoms with Crippen molar-refractivity contribution >= 4 is 11.7 Å². The average Bonchev–Trinajstić information content (AvgIpc) is 3.39. The van der Waals surface area contributed by atoms with Crippen LogP contribution in [0.25, 0.3) is 5.69 Å². The van der Waals surface area contributed by atoms with Gasteiger partial charge in [-0.1, -0.05) is 37.1 Å². The van der Waals surface area contributed by atoms with Crippen molar-refractivity contribution in [1.29, 1.82) is 0 Å². The summed E-state index contributed by atoms with van der Waals surface area (Å²) >= 11 is 0. The monoisotopic (exact) mass is 397 g/mol. The minimum atomic E-state index is -0.864. The molecule has 8 nitrogen and oxygen atoms in total. The Labute approximate surface area is 166 Å². The number of halogens is 1. The van der Waals surface area contributed by atoms with E-state index in [1.807, 2.05) is 30.3 Å². The molecule has 2 aromatic carbocycles. The molecule has 0 spiro atoms. The van der Waals surface area contributed by atoms with Crippen LogP contribution in [0.15, 0.2) is 53.3 Å². The number of carbonyl (C=O) groups is 1. The van der Waals surface area contributed by atoms with E-state index in [2.05, 4.69) is 10.4 Å². The number of carbonyl (C=O) groups excluding carboxylic acids is 1. The number of tetrazole rings is 1. The van der Waals surface area contributed by atoms with E-state index in [4.69, 9.17) is 4.74 Å². The van der Waals surface area contributed by atoms with Crippen LogP contribution in [0.3, 0.4) is 0 Å². The van der Waals surface area contributed by atoms with Crippen LogP contribution < -0.4 is 15.3 Å². The maximum Gasteiger partial charge on any atom is 0.377 e. The molecule has 29 heavy (non-hydrogen) atoms. The third-order valence-corrected chi connectivity index (χ3v) is 5.07. The van der Waals surface area contributed by atoms with Gasteiger partial charge in [0.2, 0.25) is 0 Å². The lowest BCUT2D eigenvalue weighted by atomic mass is 10.2. The summed E-state index contributed by atoms with van der Waals surface area (Å²) in [6.07, 6.45) is 3.69. The smallest absolute Gasteiger partial charge is 0.377 e. The van der Waals surface area contributed by atoms with Crippen molar-refractivity contribution in [3.05, 3.63) is 64.8 Å². The Morgan fingerprint density at radius 3 is 2.52 bits per heavy atom. The summed E-state index contributed by atoms with van der Waals surface area (Å²) in [7, 11) is 1.36. The molecule has 0 bridgehead atoms. The SMILES string of the molecule is COc1cccc(F)c1-n1nnn(C(=O)N(c2ccccc2)C2CCCC2)c1=O. The Kier molecular flexibility index (Phi) is 5.11. The van der Waals surface area contributed by atoms with E-state index >= 15 is 0 Å². The predicted octanol–water partition coefficient (Wildman–Crippen LogP) is 2.99. The van der Waals surface area contributed by atoms with Crippen LogP contribution in [0.4, 0.5) is 14.9 Å². The molecule has 3 aromatic rings. The van der Waals surface area contributed by atoms with Gasteiger partial charge in [-0.05, 0) is 47.5 Å². The molecule has 0 atom stereocenters. The first-order valence-electron chi connectivity index (χ1n) is 9.38. The normalized spacial score (nSPS) is 14.1. The van der Waals surface area contributed by atoms with Crippen molar-refractivity contribution in [2.75, 3.05) is 12.0 Å². The topological polar surface area (TPSA) is 82.2 Å². The van der Waals surface area contributed by atoms with Crippen molar-refractivity contribution in [2.24, 2.45) is 0 Å². The van der Waals surface area contributed by atoms with Gasteiger partial charge < -0.3 is 4.74 Å². The number of hydrogen-bond donors (Lipinski definition) is 0. The number of aromatic nitrogens is 4. The van der Waals surface area contributed by atoms with E-state index in [-0.39, 0.29) is 17.5 Å². The van der Waals surface area contributed by atoms with Gasteiger partial charge in [0.15, 0.2) is 5.82 Å². The average molecular weight is 397 g/mol. The molecule has 1 heterocycles. The molecular weight excluding hydrogens is 377 g/mol. The highest BCUT2D eigenvalue weighted by Gasteiger charge is 2.31. The summed E-state index contributed by atoms with van der Waals surface area (Å²) < 4.78 is 20.9. The van der Waals surface area contributed by atoms with Gasteiger partial charge in [0, 0.05) is 11.7 Å². The van der Waals surface area contributed by atoms with Gasteiger partial charge in [-0.25, -0.2) is 14.0 Å². The maximum absolute atomic E-state index is 14.4. The molecule has 0 aliphatic heterocycles. The largest absolute Gasteiger partial charge is 0.494 e. The molecule has 4 rings (SSSR count). The van der Waals surface area contributed by atoms with Crippen LogP contribution >= 0.6 is 0 Å². The minimum Gasteiger partial charge on any atom is -0.494 e. The standard InChI is InChI=1S/C20H20FN5O3/c1-29-17-13-7-12-16(21)18(17)25-20(28)26(23-22-25)19(27)24(15-10-5-6-11-15)14-8-3-2-4-9-14/h2-4,7-9,12-13,15H,5-6,10-11H2,1H3. The van der Waals surface area contributed by atoms with Gasteiger partial charge in [-0.3, -0.25) is 4.90 Å². The molecule has 150 valence electrons. The molecule has 1 saturated carbocycles. The van der Waals surface area contributed by atoms with E-state index < -0.39 is 17.5 Å². The predicted molar refractivity (Wildman–Crippen MR) is 104 cm³/mol. The number of amides is 1. The highest BCUT2D eigenvalue weighted by molar-refractivity contribution is 5.93. The van der Waals surface area contributed by atoms with E-state index in [1.54, 1.807) is 4.90 Å². The lowest BCUT2D eigenvalue weighted by Crippen LogP contribution is -2.45. The Balaban J connectivity index is 1.77. The first kappa shape index (κ1) is 18.9. The van der Waals surface area contributed by atoms with Gasteiger partial charge in [0.25, 0.3) is 0 Å². The van der Waals surface area contributed by atoms with Gasteiger partial charge in [-0.2, -0.15) is 4.68 Å². The lowest BCUT2D eigenvalue weighted by Gasteiger charge is -2.28. The van der Waals surface area contributed by atoms with Crippen molar-refractivity contribution < 1.29 is 13.9 Å². The number of hydrogen-bond acceptors (Lipinski definition) is 5. The second kappa shape index (κ2) is 7.86. The summed E-state index contributed by atoms with van der Waals surface area (Å²) in [6.45, 7) is 0. The Hall–Kier alpha value is -3.49. The van der Waals surface area contributed by atoms with E-state index in [9.17, 15) is 14.0 Å². The van der Waals surface area contributed by atoms with Crippen LogP contribution in [0, 0.1) is 5.82 Å². The third-order valence-electron chi connectivity index (χ3n) is 5.07. The number of nitrogens with zero attached hydrogens (tertiary/aromatic N) is 5. The molecule has 1 fully saturated rings. The zero-order valence-electron chi connectivity index (χ0n) is 15.9.